The number of aliphatic carboxylic acids is 1. The van der Waals surface area contributed by atoms with Crippen LogP contribution in [0.4, 0.5) is 0 Å². The monoisotopic (exact) mass is 262 g/mol. The molecule has 6 nitrogen and oxygen atoms in total. The highest BCUT2D eigenvalue weighted by molar-refractivity contribution is 7.86. The van der Waals surface area contributed by atoms with Gasteiger partial charge >= 0.3 is 5.97 Å². The summed E-state index contributed by atoms with van der Waals surface area (Å²) in [6, 6.07) is -0.446. The fraction of sp³-hybridized carbons (Fsp3) is 0.900. The largest absolute Gasteiger partial charge is 0.481 e. The maximum atomic E-state index is 12.3. The molecule has 2 aliphatic rings. The van der Waals surface area contributed by atoms with Crippen molar-refractivity contribution in [2.75, 3.05) is 19.6 Å². The fourth-order valence-corrected chi connectivity index (χ4v) is 4.55. The lowest BCUT2D eigenvalue weighted by Crippen LogP contribution is -2.45. The summed E-state index contributed by atoms with van der Waals surface area (Å²) in [5, 5.41) is 9.00. The molecule has 0 bridgehead atoms. The summed E-state index contributed by atoms with van der Waals surface area (Å²) >= 11 is 0. The Kier molecular flexibility index (Phi) is 3.42. The zero-order valence-corrected chi connectivity index (χ0v) is 10.7. The molecule has 7 heteroatoms. The Bertz CT molecular complexity index is 403. The molecule has 0 saturated carbocycles. The van der Waals surface area contributed by atoms with E-state index in [9.17, 15) is 13.2 Å². The van der Waals surface area contributed by atoms with Gasteiger partial charge in [0.2, 0.25) is 0 Å². The molecular formula is C10H18N2O4S. The second kappa shape index (κ2) is 4.55. The Morgan fingerprint density at radius 3 is 2.29 bits per heavy atom. The van der Waals surface area contributed by atoms with Crippen molar-refractivity contribution in [1.82, 2.24) is 8.61 Å². The summed E-state index contributed by atoms with van der Waals surface area (Å²) in [5.74, 6) is -1.48. The summed E-state index contributed by atoms with van der Waals surface area (Å²) < 4.78 is 27.4. The molecule has 2 unspecified atom stereocenters. The highest BCUT2D eigenvalue weighted by Gasteiger charge is 2.44. The van der Waals surface area contributed by atoms with Crippen LogP contribution in [0.2, 0.25) is 0 Å². The van der Waals surface area contributed by atoms with Gasteiger partial charge in [0.05, 0.1) is 5.92 Å². The first-order chi connectivity index (χ1) is 7.94. The Labute approximate surface area is 101 Å². The van der Waals surface area contributed by atoms with Crippen molar-refractivity contribution in [3.8, 4) is 0 Å². The molecule has 2 rings (SSSR count). The highest BCUT2D eigenvalue weighted by atomic mass is 32.2. The van der Waals surface area contributed by atoms with Crippen LogP contribution in [0.5, 0.6) is 0 Å². The van der Waals surface area contributed by atoms with Crippen LogP contribution in [-0.2, 0) is 15.0 Å². The van der Waals surface area contributed by atoms with Crippen LogP contribution in [0.25, 0.3) is 0 Å². The lowest BCUT2D eigenvalue weighted by atomic mass is 10.0. The van der Waals surface area contributed by atoms with Crippen molar-refractivity contribution >= 4 is 16.2 Å². The van der Waals surface area contributed by atoms with Crippen molar-refractivity contribution in [3.63, 3.8) is 0 Å². The average Bonchev–Trinajstić information content (AvgIpc) is 2.84. The molecule has 2 aliphatic heterocycles. The minimum absolute atomic E-state index is 0.316. The highest BCUT2D eigenvalue weighted by Crippen LogP contribution is 2.29. The molecule has 0 radical (unpaired) electrons. The van der Waals surface area contributed by atoms with Gasteiger partial charge in [0, 0.05) is 25.7 Å². The van der Waals surface area contributed by atoms with Crippen LogP contribution in [0.3, 0.4) is 0 Å². The van der Waals surface area contributed by atoms with Crippen LogP contribution < -0.4 is 0 Å². The number of carboxylic acids is 1. The maximum absolute atomic E-state index is 12.3. The Morgan fingerprint density at radius 1 is 1.24 bits per heavy atom. The van der Waals surface area contributed by atoms with E-state index in [1.165, 1.54) is 8.61 Å². The number of hydrogen-bond acceptors (Lipinski definition) is 3. The topological polar surface area (TPSA) is 77.9 Å². The van der Waals surface area contributed by atoms with Crippen LogP contribution in [0, 0.1) is 5.92 Å². The molecule has 0 aromatic carbocycles. The van der Waals surface area contributed by atoms with Gasteiger partial charge in [-0.05, 0) is 26.2 Å². The van der Waals surface area contributed by atoms with Crippen LogP contribution in [-0.4, -0.2) is 53.8 Å². The zero-order chi connectivity index (χ0) is 12.6. The van der Waals surface area contributed by atoms with E-state index in [1.807, 2.05) is 0 Å². The summed E-state index contributed by atoms with van der Waals surface area (Å²) in [7, 11) is -3.45. The van der Waals surface area contributed by atoms with Crippen LogP contribution in [0.1, 0.15) is 26.2 Å². The fourth-order valence-electron chi connectivity index (χ4n) is 2.63. The number of hydrogen-bond donors (Lipinski definition) is 1. The van der Waals surface area contributed by atoms with Crippen LogP contribution >= 0.6 is 0 Å². The van der Waals surface area contributed by atoms with E-state index in [1.54, 1.807) is 6.92 Å². The van der Waals surface area contributed by atoms with E-state index in [0.717, 1.165) is 12.8 Å². The molecule has 0 aliphatic carbocycles. The Hall–Kier alpha value is -0.660. The molecule has 1 N–H and O–H groups in total. The lowest BCUT2D eigenvalue weighted by molar-refractivity contribution is -0.142. The van der Waals surface area contributed by atoms with Crippen molar-refractivity contribution in [2.45, 2.75) is 32.2 Å². The van der Waals surface area contributed by atoms with Crippen molar-refractivity contribution in [1.29, 1.82) is 0 Å². The quantitative estimate of drug-likeness (QED) is 0.783. The first-order valence-electron chi connectivity index (χ1n) is 5.94. The summed E-state index contributed by atoms with van der Waals surface area (Å²) in [6.07, 6.45) is 2.19. The van der Waals surface area contributed by atoms with Gasteiger partial charge < -0.3 is 5.11 Å². The molecule has 2 fully saturated rings. The van der Waals surface area contributed by atoms with E-state index >= 15 is 0 Å². The molecule has 2 heterocycles. The SMILES string of the molecule is CC1C(C(=O)O)CCN1S(=O)(=O)N1CCCC1. The molecule has 2 saturated heterocycles. The van der Waals surface area contributed by atoms with E-state index in [4.69, 9.17) is 5.11 Å². The molecular weight excluding hydrogens is 244 g/mol. The molecule has 0 spiro atoms. The maximum Gasteiger partial charge on any atom is 0.308 e. The van der Waals surface area contributed by atoms with Gasteiger partial charge in [-0.15, -0.1) is 0 Å². The second-order valence-electron chi connectivity index (χ2n) is 4.70. The van der Waals surface area contributed by atoms with Gasteiger partial charge in [0.15, 0.2) is 0 Å². The minimum Gasteiger partial charge on any atom is -0.481 e. The van der Waals surface area contributed by atoms with E-state index in [2.05, 4.69) is 0 Å². The van der Waals surface area contributed by atoms with Gasteiger partial charge in [0.1, 0.15) is 0 Å². The molecule has 98 valence electrons. The third-order valence-electron chi connectivity index (χ3n) is 3.70. The number of carboxylic acid groups (broad SMARTS) is 1. The van der Waals surface area contributed by atoms with Gasteiger partial charge in [-0.2, -0.15) is 17.0 Å². The van der Waals surface area contributed by atoms with E-state index in [-0.39, 0.29) is 0 Å². The summed E-state index contributed by atoms with van der Waals surface area (Å²) in [4.78, 5) is 11.0. The third kappa shape index (κ3) is 2.19. The number of carbonyl (C=O) groups is 1. The zero-order valence-electron chi connectivity index (χ0n) is 9.87. The predicted molar refractivity (Wildman–Crippen MR) is 61.6 cm³/mol. The minimum atomic E-state index is -3.45. The van der Waals surface area contributed by atoms with Gasteiger partial charge in [-0.1, -0.05) is 0 Å². The molecule has 0 aromatic heterocycles. The van der Waals surface area contributed by atoms with Crippen molar-refractivity contribution in [2.24, 2.45) is 5.92 Å². The first kappa shape index (κ1) is 12.8. The van der Waals surface area contributed by atoms with Crippen molar-refractivity contribution in [3.05, 3.63) is 0 Å². The van der Waals surface area contributed by atoms with Crippen molar-refractivity contribution < 1.29 is 18.3 Å². The number of rotatable bonds is 3. The second-order valence-corrected chi connectivity index (χ2v) is 6.58. The summed E-state index contributed by atoms with van der Waals surface area (Å²) in [6.45, 7) is 3.11. The van der Waals surface area contributed by atoms with Crippen LogP contribution in [0.15, 0.2) is 0 Å². The summed E-state index contributed by atoms with van der Waals surface area (Å²) in [5.41, 5.74) is 0. The smallest absolute Gasteiger partial charge is 0.308 e. The third-order valence-corrected chi connectivity index (χ3v) is 5.83. The average molecular weight is 262 g/mol. The predicted octanol–water partition coefficient (Wildman–Crippen LogP) is 0.122. The number of nitrogens with zero attached hydrogens (tertiary/aromatic N) is 2. The normalized spacial score (nSPS) is 32.1. The molecule has 0 aromatic rings. The Morgan fingerprint density at radius 2 is 1.82 bits per heavy atom. The van der Waals surface area contributed by atoms with E-state index in [0.29, 0.717) is 26.1 Å². The first-order valence-corrected chi connectivity index (χ1v) is 7.34. The molecule has 0 amide bonds. The standard InChI is InChI=1S/C10H18N2O4S/c1-8-9(10(13)14)4-7-12(8)17(15,16)11-5-2-3-6-11/h8-9H,2-7H2,1H3,(H,13,14). The van der Waals surface area contributed by atoms with E-state index < -0.39 is 28.1 Å². The van der Waals surface area contributed by atoms with Gasteiger partial charge in [-0.25, -0.2) is 0 Å². The molecule has 2 atom stereocenters. The van der Waals surface area contributed by atoms with Gasteiger partial charge in [0.25, 0.3) is 10.2 Å². The Balaban J connectivity index is 2.15. The molecule has 17 heavy (non-hydrogen) atoms. The lowest BCUT2D eigenvalue weighted by Gasteiger charge is -2.27. The van der Waals surface area contributed by atoms with Gasteiger partial charge in [-0.3, -0.25) is 4.79 Å².